The lowest BCUT2D eigenvalue weighted by molar-refractivity contribution is -0.125. The third kappa shape index (κ3) is 6.35. The second-order valence-corrected chi connectivity index (χ2v) is 5.63. The monoisotopic (exact) mass is 377 g/mol. The first-order valence-electron chi connectivity index (χ1n) is 6.97. The number of hydrogen-bond acceptors (Lipinski definition) is 5. The molecule has 1 rings (SSSR count). The van der Waals surface area contributed by atoms with E-state index >= 15 is 0 Å². The topological polar surface area (TPSA) is 111 Å². The fourth-order valence-corrected chi connectivity index (χ4v) is 1.92. The fourth-order valence-electron chi connectivity index (χ4n) is 1.66. The molecule has 1 aromatic rings. The molecule has 0 radical (unpaired) electrons. The van der Waals surface area contributed by atoms with Gasteiger partial charge in [-0.25, -0.2) is 4.79 Å². The Labute approximate surface area is 151 Å². The molecule has 0 unspecified atom stereocenters. The zero-order valence-electron chi connectivity index (χ0n) is 13.6. The van der Waals surface area contributed by atoms with Gasteiger partial charge < -0.3 is 21.1 Å². The van der Waals surface area contributed by atoms with Crippen LogP contribution >= 0.6 is 24.0 Å². The van der Waals surface area contributed by atoms with Crippen molar-refractivity contribution in [1.82, 2.24) is 5.32 Å². The number of nitrogens with two attached hydrogens (primary N) is 1. The van der Waals surface area contributed by atoms with Crippen LogP contribution in [0.2, 0.25) is 5.02 Å². The summed E-state index contributed by atoms with van der Waals surface area (Å²) in [4.78, 5) is 34.9. The first kappa shape index (κ1) is 22.2. The van der Waals surface area contributed by atoms with Crippen molar-refractivity contribution in [3.8, 4) is 0 Å². The van der Waals surface area contributed by atoms with Crippen molar-refractivity contribution in [3.63, 3.8) is 0 Å². The molecule has 0 bridgehead atoms. The molecule has 9 heteroatoms. The van der Waals surface area contributed by atoms with Gasteiger partial charge >= 0.3 is 5.97 Å². The largest absolute Gasteiger partial charge is 0.465 e. The van der Waals surface area contributed by atoms with E-state index in [0.29, 0.717) is 5.69 Å². The Morgan fingerprint density at radius 3 is 2.42 bits per heavy atom. The third-order valence-corrected chi connectivity index (χ3v) is 3.42. The van der Waals surface area contributed by atoms with Crippen LogP contribution in [0.5, 0.6) is 0 Å². The van der Waals surface area contributed by atoms with Crippen molar-refractivity contribution in [2.45, 2.75) is 19.9 Å². The van der Waals surface area contributed by atoms with Gasteiger partial charge in [0.2, 0.25) is 11.8 Å². The van der Waals surface area contributed by atoms with Crippen LogP contribution in [-0.4, -0.2) is 37.5 Å². The number of esters is 1. The lowest BCUT2D eigenvalue weighted by atomic mass is 10.1. The molecule has 0 saturated carbocycles. The molecule has 0 aliphatic rings. The Bertz CT molecular complexity index is 608. The number of ether oxygens (including phenoxy) is 1. The molecule has 0 aromatic heterocycles. The second kappa shape index (κ2) is 10.1. The number of anilines is 1. The van der Waals surface area contributed by atoms with E-state index in [1.807, 2.05) is 13.8 Å². The standard InChI is InChI=1S/C15H20ClN3O4.ClH/c1-8(2)13(17)14(21)18-7-12(20)19-9-4-5-10(11(16)6-9)15(22)23-3;/h4-6,8,13H,7,17H2,1-3H3,(H,18,21)(H,19,20);1H/t13-;/m0./s1. The quantitative estimate of drug-likeness (QED) is 0.651. The van der Waals surface area contributed by atoms with Gasteiger partial charge in [-0.15, -0.1) is 12.4 Å². The molecule has 0 fully saturated rings. The predicted octanol–water partition coefficient (Wildman–Crippen LogP) is 1.59. The molecular weight excluding hydrogens is 357 g/mol. The maximum atomic E-state index is 11.8. The first-order chi connectivity index (χ1) is 10.8. The van der Waals surface area contributed by atoms with Crippen LogP contribution in [0.4, 0.5) is 5.69 Å². The van der Waals surface area contributed by atoms with Gasteiger partial charge in [-0.05, 0) is 24.1 Å². The van der Waals surface area contributed by atoms with Gasteiger partial charge in [-0.1, -0.05) is 25.4 Å². The number of benzene rings is 1. The smallest absolute Gasteiger partial charge is 0.339 e. The third-order valence-electron chi connectivity index (χ3n) is 3.10. The lowest BCUT2D eigenvalue weighted by Crippen LogP contribution is -2.46. The summed E-state index contributed by atoms with van der Waals surface area (Å²) < 4.78 is 4.57. The number of halogens is 2. The molecule has 0 saturated heterocycles. The molecule has 7 nitrogen and oxygen atoms in total. The van der Waals surface area contributed by atoms with E-state index in [9.17, 15) is 14.4 Å². The van der Waals surface area contributed by atoms with E-state index in [2.05, 4.69) is 15.4 Å². The van der Waals surface area contributed by atoms with Crippen molar-refractivity contribution >= 4 is 47.5 Å². The molecule has 1 atom stereocenters. The average Bonchev–Trinajstić information content (AvgIpc) is 2.51. The number of carbonyl (C=O) groups is 3. The zero-order valence-corrected chi connectivity index (χ0v) is 15.2. The highest BCUT2D eigenvalue weighted by Gasteiger charge is 2.18. The van der Waals surface area contributed by atoms with E-state index in [4.69, 9.17) is 17.3 Å². The van der Waals surface area contributed by atoms with Crippen molar-refractivity contribution in [1.29, 1.82) is 0 Å². The number of amides is 2. The molecule has 0 aliphatic heterocycles. The maximum absolute atomic E-state index is 11.8. The van der Waals surface area contributed by atoms with Gasteiger partial charge in [0.05, 0.1) is 30.3 Å². The van der Waals surface area contributed by atoms with Crippen LogP contribution in [0.3, 0.4) is 0 Å². The molecule has 2 amide bonds. The van der Waals surface area contributed by atoms with Crippen LogP contribution in [-0.2, 0) is 14.3 Å². The van der Waals surface area contributed by atoms with Gasteiger partial charge in [0.15, 0.2) is 0 Å². The molecule has 0 aliphatic carbocycles. The molecule has 0 heterocycles. The fraction of sp³-hybridized carbons (Fsp3) is 0.400. The normalized spacial score (nSPS) is 11.2. The van der Waals surface area contributed by atoms with Crippen LogP contribution in [0.15, 0.2) is 18.2 Å². The van der Waals surface area contributed by atoms with Crippen molar-refractivity contribution in [3.05, 3.63) is 28.8 Å². The molecule has 1 aromatic carbocycles. The first-order valence-corrected chi connectivity index (χ1v) is 7.35. The highest BCUT2D eigenvalue weighted by atomic mass is 35.5. The molecule has 24 heavy (non-hydrogen) atoms. The average molecular weight is 378 g/mol. The Kier molecular flexibility index (Phi) is 9.35. The predicted molar refractivity (Wildman–Crippen MR) is 94.5 cm³/mol. The summed E-state index contributed by atoms with van der Waals surface area (Å²) in [6.07, 6.45) is 0. The van der Waals surface area contributed by atoms with E-state index in [-0.39, 0.29) is 35.5 Å². The van der Waals surface area contributed by atoms with Crippen molar-refractivity contribution in [2.75, 3.05) is 19.0 Å². The minimum absolute atomic E-state index is 0. The van der Waals surface area contributed by atoms with E-state index in [1.54, 1.807) is 0 Å². The molecular formula is C15H21Cl2N3O4. The van der Waals surface area contributed by atoms with E-state index in [1.165, 1.54) is 25.3 Å². The highest BCUT2D eigenvalue weighted by Crippen LogP contribution is 2.21. The van der Waals surface area contributed by atoms with Gasteiger partial charge in [0.25, 0.3) is 0 Å². The van der Waals surface area contributed by atoms with E-state index in [0.717, 1.165) is 0 Å². The lowest BCUT2D eigenvalue weighted by Gasteiger charge is -2.15. The number of nitrogens with one attached hydrogen (secondary N) is 2. The van der Waals surface area contributed by atoms with Gasteiger partial charge in [0, 0.05) is 5.69 Å². The summed E-state index contributed by atoms with van der Waals surface area (Å²) in [6, 6.07) is 3.71. The minimum atomic E-state index is -0.670. The highest BCUT2D eigenvalue weighted by molar-refractivity contribution is 6.34. The number of hydrogen-bond donors (Lipinski definition) is 3. The Morgan fingerprint density at radius 2 is 1.92 bits per heavy atom. The zero-order chi connectivity index (χ0) is 17.6. The Morgan fingerprint density at radius 1 is 1.29 bits per heavy atom. The van der Waals surface area contributed by atoms with Gasteiger partial charge in [-0.2, -0.15) is 0 Å². The number of rotatable bonds is 6. The summed E-state index contributed by atoms with van der Waals surface area (Å²) in [5.74, 6) is -1.42. The molecule has 134 valence electrons. The summed E-state index contributed by atoms with van der Waals surface area (Å²) in [6.45, 7) is 3.42. The van der Waals surface area contributed by atoms with Crippen LogP contribution in [0, 0.1) is 5.92 Å². The minimum Gasteiger partial charge on any atom is -0.465 e. The van der Waals surface area contributed by atoms with Crippen LogP contribution in [0.25, 0.3) is 0 Å². The molecule has 4 N–H and O–H groups in total. The Balaban J connectivity index is 0.00000529. The van der Waals surface area contributed by atoms with E-state index < -0.39 is 23.8 Å². The summed E-state index contributed by atoms with van der Waals surface area (Å²) in [5, 5.41) is 5.17. The number of methoxy groups -OCH3 is 1. The summed E-state index contributed by atoms with van der Waals surface area (Å²) in [5.41, 5.74) is 6.27. The van der Waals surface area contributed by atoms with Gasteiger partial charge in [0.1, 0.15) is 0 Å². The maximum Gasteiger partial charge on any atom is 0.339 e. The van der Waals surface area contributed by atoms with Crippen LogP contribution < -0.4 is 16.4 Å². The van der Waals surface area contributed by atoms with Gasteiger partial charge in [-0.3, -0.25) is 9.59 Å². The SMILES string of the molecule is COC(=O)c1ccc(NC(=O)CNC(=O)[C@@H](N)C(C)C)cc1Cl.Cl. The summed E-state index contributed by atoms with van der Waals surface area (Å²) >= 11 is 5.95. The summed E-state index contributed by atoms with van der Waals surface area (Å²) in [7, 11) is 1.25. The Hall–Kier alpha value is -1.83. The molecule has 0 spiro atoms. The second-order valence-electron chi connectivity index (χ2n) is 5.22. The van der Waals surface area contributed by atoms with Crippen molar-refractivity contribution < 1.29 is 19.1 Å². The van der Waals surface area contributed by atoms with Crippen molar-refractivity contribution in [2.24, 2.45) is 11.7 Å². The number of carbonyl (C=O) groups excluding carboxylic acids is 3. The van der Waals surface area contributed by atoms with Crippen LogP contribution in [0.1, 0.15) is 24.2 Å².